The second-order valence-electron chi connectivity index (χ2n) is 3.15. The third-order valence-corrected chi connectivity index (χ3v) is 1.72. The molecule has 0 spiro atoms. The number of esters is 2. The second-order valence-corrected chi connectivity index (χ2v) is 3.15. The van der Waals surface area contributed by atoms with Crippen molar-refractivity contribution < 1.29 is 29.3 Å². The van der Waals surface area contributed by atoms with E-state index in [-0.39, 0.29) is 13.0 Å². The summed E-state index contributed by atoms with van der Waals surface area (Å²) in [4.78, 5) is 22.0. The average molecular weight is 220 g/mol. The highest BCUT2D eigenvalue weighted by atomic mass is 16.5. The van der Waals surface area contributed by atoms with E-state index in [4.69, 9.17) is 10.2 Å². The first-order chi connectivity index (χ1) is 7.01. The summed E-state index contributed by atoms with van der Waals surface area (Å²) in [5, 5.41) is 17.3. The average Bonchev–Trinajstić information content (AvgIpc) is 2.24. The van der Waals surface area contributed by atoms with Gasteiger partial charge in [0.05, 0.1) is 26.1 Å². The van der Waals surface area contributed by atoms with Gasteiger partial charge >= 0.3 is 11.9 Å². The fourth-order valence-corrected chi connectivity index (χ4v) is 0.835. The van der Waals surface area contributed by atoms with Crippen LogP contribution in [0.4, 0.5) is 0 Å². The summed E-state index contributed by atoms with van der Waals surface area (Å²) < 4.78 is 9.03. The molecule has 0 aromatic rings. The van der Waals surface area contributed by atoms with Gasteiger partial charge in [0.1, 0.15) is 12.7 Å². The summed E-state index contributed by atoms with van der Waals surface area (Å²) >= 11 is 0. The highest BCUT2D eigenvalue weighted by molar-refractivity contribution is 5.79. The Kier molecular flexibility index (Phi) is 6.64. The van der Waals surface area contributed by atoms with Crippen LogP contribution >= 0.6 is 0 Å². The Bertz CT molecular complexity index is 215. The molecule has 0 bridgehead atoms. The maximum atomic E-state index is 11.1. The SMILES string of the molecule is COC(=O)C(C)CC(=O)OCC(O)CO. The normalized spacial score (nSPS) is 14.1. The molecule has 88 valence electrons. The number of methoxy groups -OCH3 is 1. The van der Waals surface area contributed by atoms with E-state index < -0.39 is 30.6 Å². The quantitative estimate of drug-likeness (QED) is 0.562. The minimum atomic E-state index is -1.08. The van der Waals surface area contributed by atoms with Crippen LogP contribution in [0.15, 0.2) is 0 Å². The molecule has 0 saturated carbocycles. The Morgan fingerprint density at radius 1 is 1.40 bits per heavy atom. The Morgan fingerprint density at radius 3 is 2.47 bits per heavy atom. The van der Waals surface area contributed by atoms with Crippen molar-refractivity contribution in [1.82, 2.24) is 0 Å². The summed E-state index contributed by atoms with van der Waals surface area (Å²) in [5.74, 6) is -1.68. The fourth-order valence-electron chi connectivity index (χ4n) is 0.835. The van der Waals surface area contributed by atoms with E-state index in [0.29, 0.717) is 0 Å². The number of aliphatic hydroxyl groups is 2. The van der Waals surface area contributed by atoms with E-state index in [1.165, 1.54) is 14.0 Å². The zero-order valence-electron chi connectivity index (χ0n) is 8.80. The van der Waals surface area contributed by atoms with Crippen LogP contribution in [-0.4, -0.2) is 48.6 Å². The van der Waals surface area contributed by atoms with Gasteiger partial charge in [-0.2, -0.15) is 0 Å². The van der Waals surface area contributed by atoms with E-state index in [1.807, 2.05) is 0 Å². The molecule has 0 aromatic heterocycles. The molecule has 0 heterocycles. The van der Waals surface area contributed by atoms with Crippen LogP contribution in [0.1, 0.15) is 13.3 Å². The molecule has 15 heavy (non-hydrogen) atoms. The number of ether oxygens (including phenoxy) is 2. The summed E-state index contributed by atoms with van der Waals surface area (Å²) in [5.41, 5.74) is 0. The fraction of sp³-hybridized carbons (Fsp3) is 0.778. The minimum Gasteiger partial charge on any atom is -0.469 e. The number of carbonyl (C=O) groups excluding carboxylic acids is 2. The first kappa shape index (κ1) is 13.9. The van der Waals surface area contributed by atoms with E-state index in [0.717, 1.165) is 0 Å². The monoisotopic (exact) mass is 220 g/mol. The van der Waals surface area contributed by atoms with Crippen LogP contribution < -0.4 is 0 Å². The Labute approximate surface area is 87.8 Å². The molecule has 0 aliphatic rings. The molecule has 2 atom stereocenters. The van der Waals surface area contributed by atoms with E-state index in [1.54, 1.807) is 0 Å². The van der Waals surface area contributed by atoms with E-state index in [2.05, 4.69) is 9.47 Å². The molecule has 0 rings (SSSR count). The molecule has 6 nitrogen and oxygen atoms in total. The van der Waals surface area contributed by atoms with Crippen LogP contribution in [0.5, 0.6) is 0 Å². The predicted octanol–water partition coefficient (Wildman–Crippen LogP) is -0.918. The van der Waals surface area contributed by atoms with Gasteiger partial charge in [0.25, 0.3) is 0 Å². The molecule has 0 fully saturated rings. The van der Waals surface area contributed by atoms with Gasteiger partial charge in [0, 0.05) is 0 Å². The molecule has 0 amide bonds. The number of rotatable bonds is 6. The molecule has 0 aromatic carbocycles. The summed E-state index contributed by atoms with van der Waals surface area (Å²) in [6, 6.07) is 0. The standard InChI is InChI=1S/C9H16O6/c1-6(9(13)14-2)3-8(12)15-5-7(11)4-10/h6-7,10-11H,3-5H2,1-2H3. The van der Waals surface area contributed by atoms with Gasteiger partial charge in [0.2, 0.25) is 0 Å². The molecule has 0 aliphatic carbocycles. The van der Waals surface area contributed by atoms with Gasteiger partial charge in [-0.25, -0.2) is 0 Å². The second kappa shape index (κ2) is 7.19. The van der Waals surface area contributed by atoms with Gasteiger partial charge in [-0.3, -0.25) is 9.59 Å². The van der Waals surface area contributed by atoms with Crippen molar-refractivity contribution in [2.75, 3.05) is 20.3 Å². The number of aliphatic hydroxyl groups excluding tert-OH is 2. The lowest BCUT2D eigenvalue weighted by molar-refractivity contribution is -0.154. The molecule has 2 unspecified atom stereocenters. The smallest absolute Gasteiger partial charge is 0.308 e. The number of carbonyl (C=O) groups is 2. The zero-order valence-corrected chi connectivity index (χ0v) is 8.80. The molecular weight excluding hydrogens is 204 g/mol. The lowest BCUT2D eigenvalue weighted by atomic mass is 10.1. The molecule has 0 aliphatic heterocycles. The topological polar surface area (TPSA) is 93.1 Å². The van der Waals surface area contributed by atoms with Crippen molar-refractivity contribution in [3.8, 4) is 0 Å². The van der Waals surface area contributed by atoms with Crippen molar-refractivity contribution in [1.29, 1.82) is 0 Å². The molecule has 0 radical (unpaired) electrons. The van der Waals surface area contributed by atoms with Crippen molar-refractivity contribution in [2.45, 2.75) is 19.4 Å². The van der Waals surface area contributed by atoms with Gasteiger partial charge < -0.3 is 19.7 Å². The third-order valence-electron chi connectivity index (χ3n) is 1.72. The van der Waals surface area contributed by atoms with Crippen LogP contribution in [-0.2, 0) is 19.1 Å². The summed E-state index contributed by atoms with van der Waals surface area (Å²) in [6.07, 6.45) is -1.19. The first-order valence-electron chi connectivity index (χ1n) is 4.53. The Hall–Kier alpha value is -1.14. The largest absolute Gasteiger partial charge is 0.469 e. The maximum absolute atomic E-state index is 11.1. The third kappa shape index (κ3) is 6.03. The Morgan fingerprint density at radius 2 is 2.00 bits per heavy atom. The lowest BCUT2D eigenvalue weighted by Gasteiger charge is -2.10. The minimum absolute atomic E-state index is 0.106. The van der Waals surface area contributed by atoms with Crippen LogP contribution in [0.2, 0.25) is 0 Å². The maximum Gasteiger partial charge on any atom is 0.308 e. The van der Waals surface area contributed by atoms with Crippen molar-refractivity contribution >= 4 is 11.9 Å². The first-order valence-corrected chi connectivity index (χ1v) is 4.53. The molecule has 2 N–H and O–H groups in total. The van der Waals surface area contributed by atoms with Gasteiger partial charge in [-0.15, -0.1) is 0 Å². The molecule has 6 heteroatoms. The Balaban J connectivity index is 3.78. The van der Waals surface area contributed by atoms with Crippen LogP contribution in [0.3, 0.4) is 0 Å². The molecular formula is C9H16O6. The van der Waals surface area contributed by atoms with Gasteiger partial charge in [0.15, 0.2) is 0 Å². The van der Waals surface area contributed by atoms with E-state index >= 15 is 0 Å². The summed E-state index contributed by atoms with van der Waals surface area (Å²) in [7, 11) is 1.24. The van der Waals surface area contributed by atoms with Crippen LogP contribution in [0.25, 0.3) is 0 Å². The summed E-state index contributed by atoms with van der Waals surface area (Å²) in [6.45, 7) is 0.790. The molecule has 0 saturated heterocycles. The van der Waals surface area contributed by atoms with Crippen molar-refractivity contribution in [3.05, 3.63) is 0 Å². The van der Waals surface area contributed by atoms with Gasteiger partial charge in [-0.05, 0) is 0 Å². The number of hydrogen-bond acceptors (Lipinski definition) is 6. The van der Waals surface area contributed by atoms with E-state index in [9.17, 15) is 9.59 Å². The predicted molar refractivity (Wildman–Crippen MR) is 49.8 cm³/mol. The van der Waals surface area contributed by atoms with Crippen LogP contribution in [0, 0.1) is 5.92 Å². The lowest BCUT2D eigenvalue weighted by Crippen LogP contribution is -2.24. The van der Waals surface area contributed by atoms with Crippen molar-refractivity contribution in [2.24, 2.45) is 5.92 Å². The highest BCUT2D eigenvalue weighted by Gasteiger charge is 2.18. The zero-order chi connectivity index (χ0) is 11.8. The van der Waals surface area contributed by atoms with Gasteiger partial charge in [-0.1, -0.05) is 6.92 Å². The number of hydrogen-bond donors (Lipinski definition) is 2. The van der Waals surface area contributed by atoms with Crippen molar-refractivity contribution in [3.63, 3.8) is 0 Å². The highest BCUT2D eigenvalue weighted by Crippen LogP contribution is 2.05.